The predicted molar refractivity (Wildman–Crippen MR) is 114 cm³/mol. The van der Waals surface area contributed by atoms with Crippen LogP contribution in [0.3, 0.4) is 0 Å². The second kappa shape index (κ2) is 7.80. The largest absolute Gasteiger partial charge is 0.422 e. The SMILES string of the molecule is CC(=O)NNC(=O)c1ccsc1NC(=O)c1cc2c(ccc3ccccc32)oc1=O. The van der Waals surface area contributed by atoms with E-state index in [0.717, 1.165) is 22.1 Å². The molecule has 30 heavy (non-hydrogen) atoms. The van der Waals surface area contributed by atoms with Crippen LogP contribution in [0.4, 0.5) is 5.00 Å². The Morgan fingerprint density at radius 1 is 0.900 bits per heavy atom. The zero-order chi connectivity index (χ0) is 21.3. The normalized spacial score (nSPS) is 10.7. The standard InChI is InChI=1S/C21H15N3O5S/c1-11(25)23-24-19(27)14-8-9-30-20(14)22-18(26)16-10-15-13-5-3-2-4-12(13)6-7-17(15)29-21(16)28/h2-10H,1H3,(H,22,26)(H,23,25)(H,24,27). The molecule has 3 N–H and O–H groups in total. The van der Waals surface area contributed by atoms with Crippen LogP contribution >= 0.6 is 11.3 Å². The molecule has 0 bridgehead atoms. The summed E-state index contributed by atoms with van der Waals surface area (Å²) in [7, 11) is 0. The van der Waals surface area contributed by atoms with Gasteiger partial charge in [0.2, 0.25) is 5.91 Å². The summed E-state index contributed by atoms with van der Waals surface area (Å²) in [6.45, 7) is 1.25. The molecule has 2 aromatic heterocycles. The van der Waals surface area contributed by atoms with E-state index in [1.807, 2.05) is 30.3 Å². The predicted octanol–water partition coefficient (Wildman–Crippen LogP) is 3.04. The molecule has 2 aromatic carbocycles. The Bertz CT molecular complexity index is 1370. The van der Waals surface area contributed by atoms with Crippen LogP contribution < -0.4 is 21.8 Å². The molecule has 0 unspecified atom stereocenters. The van der Waals surface area contributed by atoms with Crippen LogP contribution in [0.15, 0.2) is 63.1 Å². The molecule has 0 aliphatic carbocycles. The Morgan fingerprint density at radius 3 is 2.50 bits per heavy atom. The molecule has 3 amide bonds. The number of rotatable bonds is 3. The van der Waals surface area contributed by atoms with Crippen LogP contribution in [-0.2, 0) is 4.79 Å². The van der Waals surface area contributed by atoms with E-state index >= 15 is 0 Å². The molecule has 0 saturated carbocycles. The van der Waals surface area contributed by atoms with Gasteiger partial charge in [0.05, 0.1) is 5.56 Å². The molecular formula is C21H15N3O5S. The maximum Gasteiger partial charge on any atom is 0.349 e. The maximum absolute atomic E-state index is 12.8. The van der Waals surface area contributed by atoms with Gasteiger partial charge in [-0.3, -0.25) is 25.2 Å². The minimum absolute atomic E-state index is 0.151. The fraction of sp³-hybridized carbons (Fsp3) is 0.0476. The van der Waals surface area contributed by atoms with Gasteiger partial charge in [-0.25, -0.2) is 4.79 Å². The van der Waals surface area contributed by atoms with Crippen LogP contribution in [0.25, 0.3) is 21.7 Å². The van der Waals surface area contributed by atoms with Gasteiger partial charge >= 0.3 is 5.63 Å². The third kappa shape index (κ3) is 3.65. The van der Waals surface area contributed by atoms with Crippen molar-refractivity contribution in [1.29, 1.82) is 0 Å². The van der Waals surface area contributed by atoms with Gasteiger partial charge < -0.3 is 9.73 Å². The van der Waals surface area contributed by atoms with Gasteiger partial charge in [0.1, 0.15) is 16.1 Å². The summed E-state index contributed by atoms with van der Waals surface area (Å²) in [5.74, 6) is -1.74. The zero-order valence-electron chi connectivity index (χ0n) is 15.6. The summed E-state index contributed by atoms with van der Waals surface area (Å²) in [6, 6.07) is 14.1. The molecule has 150 valence electrons. The van der Waals surface area contributed by atoms with Gasteiger partial charge in [-0.2, -0.15) is 0 Å². The lowest BCUT2D eigenvalue weighted by Crippen LogP contribution is -2.40. The van der Waals surface area contributed by atoms with Crippen LogP contribution in [0.5, 0.6) is 0 Å². The molecular weight excluding hydrogens is 406 g/mol. The second-order valence-electron chi connectivity index (χ2n) is 6.40. The quantitative estimate of drug-likeness (QED) is 0.267. The highest BCUT2D eigenvalue weighted by Gasteiger charge is 2.19. The third-order valence-electron chi connectivity index (χ3n) is 4.38. The average molecular weight is 421 g/mol. The van der Waals surface area contributed by atoms with E-state index in [1.54, 1.807) is 11.4 Å². The number of thiophene rings is 1. The Balaban J connectivity index is 1.68. The number of nitrogens with one attached hydrogen (secondary N) is 3. The fourth-order valence-corrected chi connectivity index (χ4v) is 3.78. The summed E-state index contributed by atoms with van der Waals surface area (Å²) in [6.07, 6.45) is 0. The lowest BCUT2D eigenvalue weighted by atomic mass is 10.0. The Hall–Kier alpha value is -3.98. The van der Waals surface area contributed by atoms with Gasteiger partial charge in [0.25, 0.3) is 11.8 Å². The summed E-state index contributed by atoms with van der Waals surface area (Å²) >= 11 is 1.11. The number of hydrazine groups is 1. The van der Waals surface area contributed by atoms with Crippen molar-refractivity contribution in [2.24, 2.45) is 0 Å². The third-order valence-corrected chi connectivity index (χ3v) is 5.21. The number of carbonyl (C=O) groups excluding carboxylic acids is 3. The van der Waals surface area contributed by atoms with Crippen molar-refractivity contribution >= 4 is 55.8 Å². The molecule has 0 fully saturated rings. The highest BCUT2D eigenvalue weighted by atomic mass is 32.1. The van der Waals surface area contributed by atoms with Gasteiger partial charge in [0, 0.05) is 12.3 Å². The van der Waals surface area contributed by atoms with E-state index < -0.39 is 23.3 Å². The van der Waals surface area contributed by atoms with E-state index in [-0.39, 0.29) is 16.1 Å². The first-order valence-corrected chi connectivity index (χ1v) is 9.73. The molecule has 2 heterocycles. The van der Waals surface area contributed by atoms with Crippen LogP contribution in [-0.4, -0.2) is 17.7 Å². The van der Waals surface area contributed by atoms with Crippen LogP contribution in [0, 0.1) is 0 Å². The molecule has 0 spiro atoms. The monoisotopic (exact) mass is 421 g/mol. The molecule has 9 heteroatoms. The minimum atomic E-state index is -0.781. The van der Waals surface area contributed by atoms with E-state index in [9.17, 15) is 19.2 Å². The molecule has 0 saturated heterocycles. The number of amides is 3. The Labute approximate surface area is 173 Å². The van der Waals surface area contributed by atoms with Crippen molar-refractivity contribution < 1.29 is 18.8 Å². The summed E-state index contributed by atoms with van der Waals surface area (Å²) < 4.78 is 5.34. The maximum atomic E-state index is 12.8. The molecule has 0 aliphatic rings. The van der Waals surface area contributed by atoms with E-state index in [4.69, 9.17) is 4.42 Å². The van der Waals surface area contributed by atoms with E-state index in [0.29, 0.717) is 11.0 Å². The Kier molecular flexibility index (Phi) is 5.03. The molecule has 0 atom stereocenters. The number of anilines is 1. The number of hydrogen-bond donors (Lipinski definition) is 3. The first-order chi connectivity index (χ1) is 14.4. The van der Waals surface area contributed by atoms with Gasteiger partial charge in [0.15, 0.2) is 0 Å². The highest BCUT2D eigenvalue weighted by molar-refractivity contribution is 7.14. The number of fused-ring (bicyclic) bond motifs is 3. The van der Waals surface area contributed by atoms with Crippen molar-refractivity contribution in [1.82, 2.24) is 10.9 Å². The van der Waals surface area contributed by atoms with Crippen LogP contribution in [0.1, 0.15) is 27.6 Å². The number of benzene rings is 2. The lowest BCUT2D eigenvalue weighted by Gasteiger charge is -2.08. The molecule has 4 rings (SSSR count). The summed E-state index contributed by atoms with van der Waals surface area (Å²) in [4.78, 5) is 48.3. The van der Waals surface area contributed by atoms with E-state index in [1.165, 1.54) is 19.1 Å². The van der Waals surface area contributed by atoms with Crippen LogP contribution in [0.2, 0.25) is 0 Å². The topological polar surface area (TPSA) is 118 Å². The lowest BCUT2D eigenvalue weighted by molar-refractivity contribution is -0.119. The second-order valence-corrected chi connectivity index (χ2v) is 7.31. The van der Waals surface area contributed by atoms with Crippen molar-refractivity contribution in [3.8, 4) is 0 Å². The average Bonchev–Trinajstić information content (AvgIpc) is 3.19. The molecule has 8 nitrogen and oxygen atoms in total. The fourth-order valence-electron chi connectivity index (χ4n) is 3.00. The van der Waals surface area contributed by atoms with Crippen molar-refractivity contribution in [2.75, 3.05) is 5.32 Å². The Morgan fingerprint density at radius 2 is 1.70 bits per heavy atom. The molecule has 0 aliphatic heterocycles. The van der Waals surface area contributed by atoms with Crippen molar-refractivity contribution in [3.05, 3.63) is 75.5 Å². The molecule has 4 aromatic rings. The zero-order valence-corrected chi connectivity index (χ0v) is 16.5. The number of carbonyl (C=O) groups is 3. The smallest absolute Gasteiger partial charge is 0.349 e. The van der Waals surface area contributed by atoms with Crippen molar-refractivity contribution in [3.63, 3.8) is 0 Å². The van der Waals surface area contributed by atoms with E-state index in [2.05, 4.69) is 16.2 Å². The first kappa shape index (κ1) is 19.3. The number of hydrogen-bond acceptors (Lipinski definition) is 6. The van der Waals surface area contributed by atoms with Gasteiger partial charge in [-0.1, -0.05) is 30.3 Å². The van der Waals surface area contributed by atoms with Gasteiger partial charge in [-0.15, -0.1) is 11.3 Å². The molecule has 0 radical (unpaired) electrons. The minimum Gasteiger partial charge on any atom is -0.422 e. The highest BCUT2D eigenvalue weighted by Crippen LogP contribution is 2.26. The summed E-state index contributed by atoms with van der Waals surface area (Å²) in [5, 5.41) is 6.84. The van der Waals surface area contributed by atoms with Crippen molar-refractivity contribution in [2.45, 2.75) is 6.92 Å². The first-order valence-electron chi connectivity index (χ1n) is 8.85. The van der Waals surface area contributed by atoms with Gasteiger partial charge in [-0.05, 0) is 34.4 Å². The summed E-state index contributed by atoms with van der Waals surface area (Å²) in [5.41, 5.74) is 3.98.